The van der Waals surface area contributed by atoms with Crippen molar-refractivity contribution in [3.05, 3.63) is 203 Å². The van der Waals surface area contributed by atoms with Gasteiger partial charge in [0.05, 0.1) is 0 Å². The van der Waals surface area contributed by atoms with Gasteiger partial charge in [-0.1, -0.05) is 30.3 Å². The molecule has 0 atom stereocenters. The summed E-state index contributed by atoms with van der Waals surface area (Å²) in [4.78, 5) is 5.08. The normalized spacial score (nSPS) is 12.5. The second-order valence-electron chi connectivity index (χ2n) is 13.2. The van der Waals surface area contributed by atoms with Crippen LogP contribution in [0.4, 0.5) is 0 Å². The van der Waals surface area contributed by atoms with Crippen LogP contribution in [-0.2, 0) is 0 Å². The summed E-state index contributed by atoms with van der Waals surface area (Å²) < 4.78 is 11.3. The topological polar surface area (TPSA) is 60.6 Å². The van der Waals surface area contributed by atoms with Crippen LogP contribution in [0.2, 0.25) is 0 Å². The number of nitrogens with two attached hydrogens (primary N) is 1. The third-order valence-electron chi connectivity index (χ3n) is 10.1. The number of fused-ring (bicyclic) bond motifs is 9. The molecule has 0 saturated heterocycles. The Morgan fingerprint density at radius 3 is 1.87 bits per heavy atom. The van der Waals surface area contributed by atoms with Gasteiger partial charge >= 0.3 is 294 Å². The van der Waals surface area contributed by atoms with Crippen molar-refractivity contribution in [3.8, 4) is 11.4 Å². The summed E-state index contributed by atoms with van der Waals surface area (Å²) in [5.74, 6) is 1.06. The van der Waals surface area contributed by atoms with Gasteiger partial charge in [-0.05, 0) is 0 Å². The Morgan fingerprint density at radius 2 is 1.09 bits per heavy atom. The van der Waals surface area contributed by atoms with Gasteiger partial charge in [-0.3, -0.25) is 0 Å². The Morgan fingerprint density at radius 1 is 0.481 bits per heavy atom. The van der Waals surface area contributed by atoms with Crippen LogP contribution < -0.4 is 27.2 Å². The summed E-state index contributed by atoms with van der Waals surface area (Å²) in [7, 11) is 0. The summed E-state index contributed by atoms with van der Waals surface area (Å²) in [6, 6.07) is 66.1. The molecule has 0 saturated carbocycles. The molecule has 0 radical (unpaired) electrons. The summed E-state index contributed by atoms with van der Waals surface area (Å²) in [6.07, 6.45) is 0. The van der Waals surface area contributed by atoms with Crippen molar-refractivity contribution in [2.45, 2.75) is 0 Å². The van der Waals surface area contributed by atoms with E-state index in [1.54, 1.807) is 0 Å². The zero-order chi connectivity index (χ0) is 36.0. The predicted molar refractivity (Wildman–Crippen MR) is 221 cm³/mol. The predicted octanol–water partition coefficient (Wildman–Crippen LogP) is 8.06. The zero-order valence-corrected chi connectivity index (χ0v) is 31.3. The molecule has 10 rings (SSSR count). The molecule has 8 aromatic carbocycles. The van der Waals surface area contributed by atoms with Crippen molar-refractivity contribution in [2.75, 3.05) is 0 Å². The molecule has 2 aromatic heterocycles. The summed E-state index contributed by atoms with van der Waals surface area (Å²) in [5.41, 5.74) is 15.3. The number of rotatable bonds is 6. The fourth-order valence-corrected chi connectivity index (χ4v) is 9.37. The summed E-state index contributed by atoms with van der Waals surface area (Å²) in [6.45, 7) is 0. The molecule has 10 aromatic rings. The molecule has 5 nitrogen and oxygen atoms in total. The van der Waals surface area contributed by atoms with Gasteiger partial charge in [0.1, 0.15) is 0 Å². The molecule has 2 N–H and O–H groups in total. The number of nitrogens with zero attached hydrogens (tertiary/aromatic N) is 4. The Bertz CT molecular complexity index is 3070. The number of para-hydroxylation sites is 4. The van der Waals surface area contributed by atoms with E-state index in [1.807, 2.05) is 36.4 Å². The molecular formula is C48H33IN5-. The van der Waals surface area contributed by atoms with Gasteiger partial charge in [-0.15, -0.1) is 0 Å². The minimum atomic E-state index is -0.751. The van der Waals surface area contributed by atoms with Crippen LogP contribution in [-0.4, -0.2) is 20.8 Å². The van der Waals surface area contributed by atoms with Gasteiger partial charge in [0, 0.05) is 0 Å². The number of benzene rings is 8. The summed E-state index contributed by atoms with van der Waals surface area (Å²) >= 11 is -0.751. The molecular weight excluding hydrogens is 773 g/mol. The van der Waals surface area contributed by atoms with Crippen LogP contribution in [0, 0.1) is 3.57 Å². The van der Waals surface area contributed by atoms with E-state index in [4.69, 9.17) is 13.9 Å². The molecule has 258 valence electrons. The number of aliphatic imine (C=N–C) groups is 1. The number of hydrogen-bond acceptors (Lipinski definition) is 1. The fourth-order valence-electron chi connectivity index (χ4n) is 7.76. The van der Waals surface area contributed by atoms with Gasteiger partial charge in [-0.2, -0.15) is 0 Å². The van der Waals surface area contributed by atoms with Crippen molar-refractivity contribution in [1.29, 1.82) is 0 Å². The summed E-state index contributed by atoms with van der Waals surface area (Å²) in [5, 5.41) is 7.30. The molecule has 0 amide bonds. The quantitative estimate of drug-likeness (QED) is 0.103. The van der Waals surface area contributed by atoms with Gasteiger partial charge in [0.25, 0.3) is 0 Å². The Kier molecular flexibility index (Phi) is 8.03. The van der Waals surface area contributed by atoms with E-state index < -0.39 is 21.5 Å². The molecule has 0 spiro atoms. The minimum absolute atomic E-state index is 0.436. The van der Waals surface area contributed by atoms with E-state index in [0.717, 1.165) is 33.5 Å². The van der Waals surface area contributed by atoms with Crippen LogP contribution >= 0.6 is 0 Å². The van der Waals surface area contributed by atoms with Crippen LogP contribution in [0.15, 0.2) is 196 Å². The Hall–Kier alpha value is -6.51. The number of amidine groups is 2. The molecule has 0 aliphatic heterocycles. The van der Waals surface area contributed by atoms with Crippen LogP contribution in [0.1, 0.15) is 11.1 Å². The van der Waals surface area contributed by atoms with Crippen LogP contribution in [0.25, 0.3) is 65.8 Å². The van der Waals surface area contributed by atoms with Crippen LogP contribution in [0.5, 0.6) is 0 Å². The maximum absolute atomic E-state index is 6.73. The fraction of sp³-hybridized carbons (Fsp3) is 0. The van der Waals surface area contributed by atoms with Gasteiger partial charge < -0.3 is 0 Å². The van der Waals surface area contributed by atoms with E-state index in [0.29, 0.717) is 11.7 Å². The SMILES string of the molecule is NC(=NC(=N[I-]c1ccccc1)c1ccccc1-n1c2ccccc2c2c3c(ccc4c5ccccc5n(-c5ccccc5)c43)ccc21)c1ccccc1. The first-order valence-corrected chi connectivity index (χ1v) is 20.0. The third-order valence-corrected chi connectivity index (χ3v) is 12.1. The van der Waals surface area contributed by atoms with Crippen LogP contribution in [0.3, 0.4) is 0 Å². The van der Waals surface area contributed by atoms with E-state index >= 15 is 0 Å². The van der Waals surface area contributed by atoms with Crippen molar-refractivity contribution >= 4 is 66.1 Å². The number of halogens is 1. The average Bonchev–Trinajstić information content (AvgIpc) is 3.76. The number of aromatic nitrogens is 2. The molecule has 0 aliphatic rings. The molecule has 0 bridgehead atoms. The third kappa shape index (κ3) is 5.37. The average molecular weight is 807 g/mol. The van der Waals surface area contributed by atoms with Crippen molar-refractivity contribution in [1.82, 2.24) is 9.13 Å². The Labute approximate surface area is 323 Å². The van der Waals surface area contributed by atoms with Gasteiger partial charge in [-0.25, -0.2) is 0 Å². The molecule has 0 unspecified atom stereocenters. The first-order valence-electron chi connectivity index (χ1n) is 17.9. The van der Waals surface area contributed by atoms with Crippen molar-refractivity contribution in [3.63, 3.8) is 0 Å². The monoisotopic (exact) mass is 806 g/mol. The number of hydrogen-bond donors (Lipinski definition) is 1. The van der Waals surface area contributed by atoms with Crippen molar-refractivity contribution in [2.24, 2.45) is 13.9 Å². The van der Waals surface area contributed by atoms with Gasteiger partial charge in [0.15, 0.2) is 0 Å². The second kappa shape index (κ2) is 13.5. The molecule has 6 heteroatoms. The molecule has 0 fully saturated rings. The first kappa shape index (κ1) is 32.2. The molecule has 2 heterocycles. The van der Waals surface area contributed by atoms with E-state index in [2.05, 4.69) is 161 Å². The zero-order valence-electron chi connectivity index (χ0n) is 29.1. The Balaban J connectivity index is 1.29. The van der Waals surface area contributed by atoms with E-state index in [9.17, 15) is 0 Å². The van der Waals surface area contributed by atoms with Gasteiger partial charge in [0.2, 0.25) is 0 Å². The molecule has 54 heavy (non-hydrogen) atoms. The molecule has 0 aliphatic carbocycles. The second-order valence-corrected chi connectivity index (χ2v) is 15.4. The van der Waals surface area contributed by atoms with E-state index in [-0.39, 0.29) is 0 Å². The van der Waals surface area contributed by atoms with Crippen molar-refractivity contribution < 1.29 is 21.5 Å². The maximum atomic E-state index is 6.73. The van der Waals surface area contributed by atoms with E-state index in [1.165, 1.54) is 46.9 Å². The first-order chi connectivity index (χ1) is 26.7. The standard InChI is InChI=1S/C48H33IN5/c50-47(33-16-4-1-5-17-33)51-48(52-49-34-18-6-2-7-19-34)39-24-12-15-27-42(39)54-41-26-14-11-23-38(41)45-43(54)31-29-32-28-30-37-36-22-10-13-25-40(36)53(46(37)44(32)45)35-20-8-3-9-21-35/h1-31H,(H2,50,51,52)/q-1.